The molecule has 1 aliphatic heterocycles. The number of carboxylic acids is 1. The molecule has 0 unspecified atom stereocenters. The number of aryl methyl sites for hydroxylation is 1. The van der Waals surface area contributed by atoms with E-state index in [1.807, 2.05) is 17.8 Å². The van der Waals surface area contributed by atoms with E-state index in [2.05, 4.69) is 15.2 Å². The SMILES string of the molecule is Cn1ccnc1CN1CCN[C@H](C(=O)O)C1. The van der Waals surface area contributed by atoms with Crippen LogP contribution in [-0.4, -0.2) is 51.2 Å². The Morgan fingerprint density at radius 2 is 2.56 bits per heavy atom. The van der Waals surface area contributed by atoms with Crippen molar-refractivity contribution in [2.45, 2.75) is 12.6 Å². The summed E-state index contributed by atoms with van der Waals surface area (Å²) < 4.78 is 1.96. The second-order valence-electron chi connectivity index (χ2n) is 4.03. The monoisotopic (exact) mass is 224 g/mol. The van der Waals surface area contributed by atoms with E-state index in [4.69, 9.17) is 5.11 Å². The van der Waals surface area contributed by atoms with Crippen molar-refractivity contribution in [3.63, 3.8) is 0 Å². The van der Waals surface area contributed by atoms with Gasteiger partial charge in [0.15, 0.2) is 0 Å². The van der Waals surface area contributed by atoms with Crippen LogP contribution in [0.4, 0.5) is 0 Å². The predicted molar refractivity (Wildman–Crippen MR) is 57.9 cm³/mol. The number of aromatic nitrogens is 2. The number of hydrogen-bond acceptors (Lipinski definition) is 4. The third-order valence-electron chi connectivity index (χ3n) is 2.84. The lowest BCUT2D eigenvalue weighted by atomic mass is 10.2. The number of carboxylic acid groups (broad SMARTS) is 1. The lowest BCUT2D eigenvalue weighted by Gasteiger charge is -2.31. The van der Waals surface area contributed by atoms with Gasteiger partial charge >= 0.3 is 5.97 Å². The third-order valence-corrected chi connectivity index (χ3v) is 2.84. The van der Waals surface area contributed by atoms with Crippen molar-refractivity contribution in [3.05, 3.63) is 18.2 Å². The van der Waals surface area contributed by atoms with E-state index < -0.39 is 12.0 Å². The molecule has 6 heteroatoms. The Balaban J connectivity index is 1.95. The molecular formula is C10H16N4O2. The van der Waals surface area contributed by atoms with Crippen LogP contribution in [-0.2, 0) is 18.4 Å². The molecule has 1 aromatic heterocycles. The first-order valence-corrected chi connectivity index (χ1v) is 5.31. The van der Waals surface area contributed by atoms with Crippen LogP contribution in [0, 0.1) is 0 Å². The lowest BCUT2D eigenvalue weighted by molar-refractivity contribution is -0.140. The standard InChI is InChI=1S/C10H16N4O2/c1-13-4-2-12-9(13)7-14-5-3-11-8(6-14)10(15)16/h2,4,8,11H,3,5-7H2,1H3,(H,15,16)/t8-/m0/s1. The molecule has 0 aliphatic carbocycles. The Labute approximate surface area is 93.9 Å². The van der Waals surface area contributed by atoms with Gasteiger partial charge in [-0.25, -0.2) is 4.98 Å². The molecule has 2 rings (SSSR count). The van der Waals surface area contributed by atoms with Crippen molar-refractivity contribution < 1.29 is 9.90 Å². The summed E-state index contributed by atoms with van der Waals surface area (Å²) in [7, 11) is 1.94. The zero-order chi connectivity index (χ0) is 11.5. The number of nitrogens with zero attached hydrogens (tertiary/aromatic N) is 3. The zero-order valence-corrected chi connectivity index (χ0v) is 9.26. The largest absolute Gasteiger partial charge is 0.480 e. The van der Waals surface area contributed by atoms with Crippen LogP contribution >= 0.6 is 0 Å². The van der Waals surface area contributed by atoms with Gasteiger partial charge in [0.25, 0.3) is 0 Å². The Morgan fingerprint density at radius 3 is 3.19 bits per heavy atom. The number of piperazine rings is 1. The average Bonchev–Trinajstić information content (AvgIpc) is 2.65. The normalized spacial score (nSPS) is 22.2. The highest BCUT2D eigenvalue weighted by molar-refractivity contribution is 5.73. The van der Waals surface area contributed by atoms with Gasteiger partial charge in [-0.15, -0.1) is 0 Å². The zero-order valence-electron chi connectivity index (χ0n) is 9.26. The van der Waals surface area contributed by atoms with E-state index >= 15 is 0 Å². The molecule has 0 radical (unpaired) electrons. The second-order valence-corrected chi connectivity index (χ2v) is 4.03. The first kappa shape index (κ1) is 11.1. The van der Waals surface area contributed by atoms with Crippen LogP contribution < -0.4 is 5.32 Å². The summed E-state index contributed by atoms with van der Waals surface area (Å²) in [6.07, 6.45) is 3.65. The summed E-state index contributed by atoms with van der Waals surface area (Å²) in [6.45, 7) is 2.80. The van der Waals surface area contributed by atoms with Crippen molar-refractivity contribution >= 4 is 5.97 Å². The fourth-order valence-electron chi connectivity index (χ4n) is 1.87. The number of imidazole rings is 1. The molecule has 2 heterocycles. The van der Waals surface area contributed by atoms with Crippen LogP contribution in [0.3, 0.4) is 0 Å². The van der Waals surface area contributed by atoms with Crippen LogP contribution in [0.25, 0.3) is 0 Å². The van der Waals surface area contributed by atoms with Gasteiger partial charge in [-0.3, -0.25) is 9.69 Å². The van der Waals surface area contributed by atoms with Gasteiger partial charge in [-0.2, -0.15) is 0 Å². The number of carbonyl (C=O) groups is 1. The maximum atomic E-state index is 10.9. The van der Waals surface area contributed by atoms with Gasteiger partial charge in [-0.1, -0.05) is 0 Å². The summed E-state index contributed by atoms with van der Waals surface area (Å²) in [5.74, 6) is 0.176. The van der Waals surface area contributed by atoms with Gasteiger partial charge in [0.1, 0.15) is 11.9 Å². The van der Waals surface area contributed by atoms with Crippen LogP contribution in [0.2, 0.25) is 0 Å². The second kappa shape index (κ2) is 4.63. The van der Waals surface area contributed by atoms with Gasteiger partial charge in [0.2, 0.25) is 0 Å². The van der Waals surface area contributed by atoms with Gasteiger partial charge in [0, 0.05) is 39.1 Å². The smallest absolute Gasteiger partial charge is 0.322 e. The van der Waals surface area contributed by atoms with E-state index in [0.717, 1.165) is 12.4 Å². The van der Waals surface area contributed by atoms with E-state index in [1.165, 1.54) is 0 Å². The van der Waals surface area contributed by atoms with E-state index in [0.29, 0.717) is 19.6 Å². The van der Waals surface area contributed by atoms with Gasteiger partial charge < -0.3 is 15.0 Å². The number of nitrogens with one attached hydrogen (secondary N) is 1. The molecule has 6 nitrogen and oxygen atoms in total. The van der Waals surface area contributed by atoms with E-state index in [-0.39, 0.29) is 0 Å². The maximum Gasteiger partial charge on any atom is 0.322 e. The molecule has 0 bridgehead atoms. The number of rotatable bonds is 3. The fraction of sp³-hybridized carbons (Fsp3) is 0.600. The van der Waals surface area contributed by atoms with Crippen molar-refractivity contribution in [1.29, 1.82) is 0 Å². The highest BCUT2D eigenvalue weighted by atomic mass is 16.4. The Bertz CT molecular complexity index is 377. The van der Waals surface area contributed by atoms with E-state index in [1.54, 1.807) is 6.20 Å². The summed E-state index contributed by atoms with van der Waals surface area (Å²) in [5.41, 5.74) is 0. The number of hydrogen-bond donors (Lipinski definition) is 2. The van der Waals surface area contributed by atoms with Crippen LogP contribution in [0.5, 0.6) is 0 Å². The molecule has 0 saturated carbocycles. The molecule has 16 heavy (non-hydrogen) atoms. The van der Waals surface area contributed by atoms with Crippen molar-refractivity contribution in [3.8, 4) is 0 Å². The Morgan fingerprint density at radius 1 is 1.75 bits per heavy atom. The molecule has 1 aliphatic rings. The Hall–Kier alpha value is -1.40. The summed E-state index contributed by atoms with van der Waals surface area (Å²) in [6, 6.07) is -0.464. The highest BCUT2D eigenvalue weighted by Gasteiger charge is 2.25. The molecule has 1 fully saturated rings. The van der Waals surface area contributed by atoms with E-state index in [9.17, 15) is 4.79 Å². The average molecular weight is 224 g/mol. The van der Waals surface area contributed by atoms with Crippen LogP contribution in [0.1, 0.15) is 5.82 Å². The van der Waals surface area contributed by atoms with Crippen molar-refractivity contribution in [2.24, 2.45) is 7.05 Å². The summed E-state index contributed by atoms with van der Waals surface area (Å²) in [5, 5.41) is 11.9. The minimum absolute atomic E-state index is 0.464. The number of aliphatic carboxylic acids is 1. The Kier molecular flexibility index (Phi) is 3.21. The minimum Gasteiger partial charge on any atom is -0.480 e. The molecule has 0 spiro atoms. The van der Waals surface area contributed by atoms with Gasteiger partial charge in [-0.05, 0) is 0 Å². The quantitative estimate of drug-likeness (QED) is 0.709. The van der Waals surface area contributed by atoms with Crippen molar-refractivity contribution in [2.75, 3.05) is 19.6 Å². The summed E-state index contributed by atoms with van der Waals surface area (Å²) >= 11 is 0. The fourth-order valence-corrected chi connectivity index (χ4v) is 1.87. The molecule has 0 amide bonds. The predicted octanol–water partition coefficient (Wildman–Crippen LogP) is -0.721. The highest BCUT2D eigenvalue weighted by Crippen LogP contribution is 2.05. The molecule has 1 aromatic rings. The molecule has 1 atom stereocenters. The lowest BCUT2D eigenvalue weighted by Crippen LogP contribution is -2.53. The molecule has 1 saturated heterocycles. The molecular weight excluding hydrogens is 208 g/mol. The minimum atomic E-state index is -0.787. The van der Waals surface area contributed by atoms with Gasteiger partial charge in [0.05, 0.1) is 6.54 Å². The maximum absolute atomic E-state index is 10.9. The molecule has 2 N–H and O–H groups in total. The van der Waals surface area contributed by atoms with Crippen LogP contribution in [0.15, 0.2) is 12.4 Å². The molecule has 88 valence electrons. The first-order chi connectivity index (χ1) is 7.66. The third kappa shape index (κ3) is 2.40. The van der Waals surface area contributed by atoms with Crippen molar-refractivity contribution in [1.82, 2.24) is 19.8 Å². The topological polar surface area (TPSA) is 70.4 Å². The first-order valence-electron chi connectivity index (χ1n) is 5.31. The molecule has 0 aromatic carbocycles. The summed E-state index contributed by atoms with van der Waals surface area (Å²) in [4.78, 5) is 17.2.